The van der Waals surface area contributed by atoms with Gasteiger partial charge in [0.2, 0.25) is 0 Å². The van der Waals surface area contributed by atoms with Crippen LogP contribution in [0, 0.1) is 5.92 Å². The number of likely N-dealkylation sites (tertiary alicyclic amines) is 1. The zero-order chi connectivity index (χ0) is 17.2. The molecule has 4 nitrogen and oxygen atoms in total. The van der Waals surface area contributed by atoms with E-state index in [-0.39, 0.29) is 0 Å². The van der Waals surface area contributed by atoms with Crippen LogP contribution in [0.25, 0.3) is 0 Å². The van der Waals surface area contributed by atoms with E-state index in [0.29, 0.717) is 12.2 Å². The Morgan fingerprint density at radius 1 is 1.04 bits per heavy atom. The van der Waals surface area contributed by atoms with E-state index in [1.165, 1.54) is 43.6 Å². The molecule has 1 saturated carbocycles. The van der Waals surface area contributed by atoms with Crippen molar-refractivity contribution in [3.05, 3.63) is 29.8 Å². The van der Waals surface area contributed by atoms with Crippen molar-refractivity contribution in [2.45, 2.75) is 57.9 Å². The van der Waals surface area contributed by atoms with Gasteiger partial charge in [0.1, 0.15) is 0 Å². The first-order valence-electron chi connectivity index (χ1n) is 10.1. The molecule has 3 aliphatic rings. The molecule has 3 atom stereocenters. The number of nitrogens with zero attached hydrogens (tertiary/aromatic N) is 2. The third-order valence-electron chi connectivity index (χ3n) is 5.88. The summed E-state index contributed by atoms with van der Waals surface area (Å²) < 4.78 is 5.90. The van der Waals surface area contributed by atoms with Crippen LogP contribution in [0.15, 0.2) is 24.3 Å². The van der Waals surface area contributed by atoms with Crippen molar-refractivity contribution < 1.29 is 4.74 Å². The maximum absolute atomic E-state index is 5.90. The van der Waals surface area contributed by atoms with Gasteiger partial charge in [-0.2, -0.15) is 0 Å². The van der Waals surface area contributed by atoms with Gasteiger partial charge in [0.05, 0.1) is 12.2 Å². The molecule has 3 fully saturated rings. The van der Waals surface area contributed by atoms with Gasteiger partial charge in [-0.3, -0.25) is 0 Å². The molecule has 1 N–H and O–H groups in total. The highest BCUT2D eigenvalue weighted by Gasteiger charge is 2.34. The third-order valence-corrected chi connectivity index (χ3v) is 5.88. The maximum atomic E-state index is 5.90. The lowest BCUT2D eigenvalue weighted by Gasteiger charge is -2.37. The van der Waals surface area contributed by atoms with Crippen LogP contribution in [0.3, 0.4) is 0 Å². The molecule has 1 aromatic rings. The second-order valence-corrected chi connectivity index (χ2v) is 8.30. The maximum Gasteiger partial charge on any atom is 0.0726 e. The summed E-state index contributed by atoms with van der Waals surface area (Å²) in [7, 11) is 0. The van der Waals surface area contributed by atoms with Crippen LogP contribution in [-0.4, -0.2) is 55.9 Å². The number of anilines is 1. The summed E-state index contributed by atoms with van der Waals surface area (Å²) in [6.45, 7) is 11.1. The molecule has 25 heavy (non-hydrogen) atoms. The van der Waals surface area contributed by atoms with Gasteiger partial charge < -0.3 is 19.9 Å². The average molecular weight is 344 g/mol. The van der Waals surface area contributed by atoms with E-state index in [2.05, 4.69) is 53.2 Å². The van der Waals surface area contributed by atoms with Crippen LogP contribution in [0.2, 0.25) is 0 Å². The lowest BCUT2D eigenvalue weighted by Crippen LogP contribution is -2.46. The van der Waals surface area contributed by atoms with Crippen LogP contribution in [0.4, 0.5) is 5.69 Å². The van der Waals surface area contributed by atoms with E-state index in [1.807, 2.05) is 0 Å². The molecule has 1 aromatic carbocycles. The number of hydrogen-bond acceptors (Lipinski definition) is 4. The fraction of sp³-hybridized carbons (Fsp3) is 0.714. The Bertz CT molecular complexity index is 564. The van der Waals surface area contributed by atoms with E-state index in [1.54, 1.807) is 0 Å². The van der Waals surface area contributed by atoms with Gasteiger partial charge in [-0.25, -0.2) is 0 Å². The Morgan fingerprint density at radius 3 is 2.56 bits per heavy atom. The van der Waals surface area contributed by atoms with Crippen molar-refractivity contribution in [1.29, 1.82) is 0 Å². The quantitative estimate of drug-likeness (QED) is 0.860. The SMILES string of the molecule is C[C@@H]1CN(c2ccccc2CNC[C@@H]2CCN(C3CC3)C2)C[C@@H](C)O1. The van der Waals surface area contributed by atoms with E-state index in [9.17, 15) is 0 Å². The van der Waals surface area contributed by atoms with Crippen LogP contribution >= 0.6 is 0 Å². The summed E-state index contributed by atoms with van der Waals surface area (Å²) in [4.78, 5) is 5.21. The highest BCUT2D eigenvalue weighted by molar-refractivity contribution is 5.54. The summed E-state index contributed by atoms with van der Waals surface area (Å²) >= 11 is 0. The summed E-state index contributed by atoms with van der Waals surface area (Å²) in [6, 6.07) is 9.80. The Labute approximate surface area is 152 Å². The van der Waals surface area contributed by atoms with Crippen molar-refractivity contribution in [1.82, 2.24) is 10.2 Å². The van der Waals surface area contributed by atoms with Gasteiger partial charge in [-0.15, -0.1) is 0 Å². The fourth-order valence-electron chi connectivity index (χ4n) is 4.55. The van der Waals surface area contributed by atoms with Crippen molar-refractivity contribution in [3.8, 4) is 0 Å². The lowest BCUT2D eigenvalue weighted by atomic mass is 10.1. The minimum Gasteiger partial charge on any atom is -0.372 e. The molecule has 0 aromatic heterocycles. The van der Waals surface area contributed by atoms with Gasteiger partial charge in [-0.1, -0.05) is 18.2 Å². The summed E-state index contributed by atoms with van der Waals surface area (Å²) in [5, 5.41) is 3.74. The van der Waals surface area contributed by atoms with Crippen LogP contribution in [-0.2, 0) is 11.3 Å². The molecule has 0 amide bonds. The predicted octanol–water partition coefficient (Wildman–Crippen LogP) is 2.87. The minimum atomic E-state index is 0.302. The monoisotopic (exact) mass is 343 g/mol. The molecule has 4 rings (SSSR count). The van der Waals surface area contributed by atoms with Crippen molar-refractivity contribution in [2.75, 3.05) is 37.6 Å². The second kappa shape index (κ2) is 7.65. The van der Waals surface area contributed by atoms with Gasteiger partial charge in [0, 0.05) is 37.9 Å². The number of nitrogens with one attached hydrogen (secondary N) is 1. The number of para-hydroxylation sites is 1. The molecule has 2 aliphatic heterocycles. The summed E-state index contributed by atoms with van der Waals surface area (Å²) in [5.74, 6) is 0.830. The van der Waals surface area contributed by atoms with E-state index in [4.69, 9.17) is 4.74 Å². The number of benzene rings is 1. The fourth-order valence-corrected chi connectivity index (χ4v) is 4.55. The molecule has 1 aliphatic carbocycles. The predicted molar refractivity (Wildman–Crippen MR) is 103 cm³/mol. The Hall–Kier alpha value is -1.10. The Morgan fingerprint density at radius 2 is 1.80 bits per heavy atom. The van der Waals surface area contributed by atoms with Gasteiger partial charge in [0.25, 0.3) is 0 Å². The smallest absolute Gasteiger partial charge is 0.0726 e. The highest BCUT2D eigenvalue weighted by Crippen LogP contribution is 2.31. The van der Waals surface area contributed by atoms with Crippen LogP contribution in [0.5, 0.6) is 0 Å². The van der Waals surface area contributed by atoms with E-state index < -0.39 is 0 Å². The summed E-state index contributed by atoms with van der Waals surface area (Å²) in [5.41, 5.74) is 2.80. The molecule has 2 heterocycles. The molecular formula is C21H33N3O. The Kier molecular flexibility index (Phi) is 5.30. The topological polar surface area (TPSA) is 27.7 Å². The molecule has 0 bridgehead atoms. The first-order chi connectivity index (χ1) is 12.2. The minimum absolute atomic E-state index is 0.302. The van der Waals surface area contributed by atoms with Crippen molar-refractivity contribution in [2.24, 2.45) is 5.92 Å². The third kappa shape index (κ3) is 4.36. The molecule has 0 unspecified atom stereocenters. The largest absolute Gasteiger partial charge is 0.372 e. The second-order valence-electron chi connectivity index (χ2n) is 8.30. The van der Waals surface area contributed by atoms with Gasteiger partial charge >= 0.3 is 0 Å². The average Bonchev–Trinajstić information content (AvgIpc) is 3.34. The first kappa shape index (κ1) is 17.3. The van der Waals surface area contributed by atoms with Gasteiger partial charge in [-0.05, 0) is 63.7 Å². The molecule has 138 valence electrons. The standard InChI is InChI=1S/C21H33N3O/c1-16-13-24(14-17(2)25-16)21-6-4-3-5-19(21)12-22-11-18-9-10-23(15-18)20-7-8-20/h3-6,16-18,20,22H,7-15H2,1-2H3/t16-,17-,18+/m1/s1. The number of rotatable bonds is 6. The number of ether oxygens (including phenoxy) is 1. The van der Waals surface area contributed by atoms with Crippen molar-refractivity contribution in [3.63, 3.8) is 0 Å². The molecule has 0 spiro atoms. The first-order valence-corrected chi connectivity index (χ1v) is 10.1. The number of hydrogen-bond donors (Lipinski definition) is 1. The van der Waals surface area contributed by atoms with E-state index >= 15 is 0 Å². The normalized spacial score (nSPS) is 30.8. The highest BCUT2D eigenvalue weighted by atomic mass is 16.5. The van der Waals surface area contributed by atoms with Crippen molar-refractivity contribution >= 4 is 5.69 Å². The van der Waals surface area contributed by atoms with Gasteiger partial charge in [0.15, 0.2) is 0 Å². The zero-order valence-corrected chi connectivity index (χ0v) is 15.8. The van der Waals surface area contributed by atoms with E-state index in [0.717, 1.165) is 38.1 Å². The molecule has 4 heteroatoms. The van der Waals surface area contributed by atoms with Crippen LogP contribution < -0.4 is 10.2 Å². The number of morpholine rings is 1. The zero-order valence-electron chi connectivity index (χ0n) is 15.8. The summed E-state index contributed by atoms with van der Waals surface area (Å²) in [6.07, 6.45) is 4.84. The molecular weight excluding hydrogens is 310 g/mol. The lowest BCUT2D eigenvalue weighted by molar-refractivity contribution is -0.00526. The molecule has 2 saturated heterocycles. The molecule has 0 radical (unpaired) electrons. The van der Waals surface area contributed by atoms with Crippen LogP contribution in [0.1, 0.15) is 38.7 Å². The Balaban J connectivity index is 1.31.